The molecule has 0 aromatic rings. The van der Waals surface area contributed by atoms with Crippen LogP contribution in [0.3, 0.4) is 0 Å². The molecular formula is C17H29F2N. The van der Waals surface area contributed by atoms with Crippen molar-refractivity contribution in [2.45, 2.75) is 77.2 Å². The average molecular weight is 285 g/mol. The molecule has 0 saturated heterocycles. The second-order valence-corrected chi connectivity index (χ2v) is 6.93. The molecule has 2 aliphatic rings. The highest BCUT2D eigenvalue weighted by molar-refractivity contribution is 5.24. The van der Waals surface area contributed by atoms with E-state index >= 15 is 0 Å². The van der Waals surface area contributed by atoms with Crippen molar-refractivity contribution in [3.8, 4) is 0 Å². The van der Waals surface area contributed by atoms with E-state index in [9.17, 15) is 8.78 Å². The van der Waals surface area contributed by atoms with Gasteiger partial charge in [-0.2, -0.15) is 8.78 Å². The van der Waals surface area contributed by atoms with Gasteiger partial charge in [-0.25, -0.2) is 4.99 Å². The third-order valence-electron chi connectivity index (χ3n) is 5.73. The highest BCUT2D eigenvalue weighted by Gasteiger charge is 2.41. The predicted octanol–water partition coefficient (Wildman–Crippen LogP) is 5.69. The molecule has 0 aliphatic heterocycles. The Kier molecular flexibility index (Phi) is 5.57. The molecular weight excluding hydrogens is 256 g/mol. The predicted molar refractivity (Wildman–Crippen MR) is 80.3 cm³/mol. The molecule has 0 N–H and O–H groups in total. The Morgan fingerprint density at radius 1 is 0.950 bits per heavy atom. The molecule has 0 bridgehead atoms. The minimum atomic E-state index is -2.90. The molecule has 2 rings (SSSR count). The normalized spacial score (nSPS) is 35.8. The van der Waals surface area contributed by atoms with E-state index in [1.807, 2.05) is 0 Å². The SMILES string of the molecule is C=NC(F)(F)C1CCC(C2CCC(CCC)CC2)CC1. The molecule has 0 spiro atoms. The van der Waals surface area contributed by atoms with Crippen molar-refractivity contribution in [3.05, 3.63) is 0 Å². The van der Waals surface area contributed by atoms with E-state index in [-0.39, 0.29) is 0 Å². The molecule has 0 aromatic carbocycles. The fourth-order valence-electron chi connectivity index (χ4n) is 4.42. The number of hydrogen-bond donors (Lipinski definition) is 0. The summed E-state index contributed by atoms with van der Waals surface area (Å²) in [4.78, 5) is 3.03. The maximum Gasteiger partial charge on any atom is 0.344 e. The van der Waals surface area contributed by atoms with Crippen molar-refractivity contribution < 1.29 is 8.78 Å². The maximum absolute atomic E-state index is 13.5. The van der Waals surface area contributed by atoms with Gasteiger partial charge in [0.05, 0.1) is 0 Å². The largest absolute Gasteiger partial charge is 0.344 e. The maximum atomic E-state index is 13.5. The number of alkyl halides is 2. The van der Waals surface area contributed by atoms with Gasteiger partial charge in [-0.05, 0) is 63.0 Å². The highest BCUT2D eigenvalue weighted by atomic mass is 19.3. The molecule has 0 heterocycles. The van der Waals surface area contributed by atoms with Crippen LogP contribution in [0.15, 0.2) is 4.99 Å². The first-order valence-electron chi connectivity index (χ1n) is 8.42. The quantitative estimate of drug-likeness (QED) is 0.454. The molecule has 20 heavy (non-hydrogen) atoms. The highest BCUT2D eigenvalue weighted by Crippen LogP contribution is 2.45. The van der Waals surface area contributed by atoms with Crippen molar-refractivity contribution in [2.24, 2.45) is 28.7 Å². The molecule has 116 valence electrons. The van der Waals surface area contributed by atoms with Gasteiger partial charge in [-0.15, -0.1) is 0 Å². The third kappa shape index (κ3) is 3.79. The summed E-state index contributed by atoms with van der Waals surface area (Å²) in [5.41, 5.74) is 0. The summed E-state index contributed by atoms with van der Waals surface area (Å²) in [5.74, 6) is 1.86. The summed E-state index contributed by atoms with van der Waals surface area (Å²) in [5, 5.41) is 0. The van der Waals surface area contributed by atoms with Gasteiger partial charge < -0.3 is 0 Å². The van der Waals surface area contributed by atoms with Gasteiger partial charge in [-0.3, -0.25) is 0 Å². The Morgan fingerprint density at radius 3 is 1.90 bits per heavy atom. The number of nitrogens with zero attached hydrogens (tertiary/aromatic N) is 1. The van der Waals surface area contributed by atoms with Crippen LogP contribution in [0, 0.1) is 23.7 Å². The first-order chi connectivity index (χ1) is 9.56. The van der Waals surface area contributed by atoms with E-state index < -0.39 is 12.0 Å². The molecule has 0 amide bonds. The van der Waals surface area contributed by atoms with Crippen LogP contribution in [0.5, 0.6) is 0 Å². The Labute approximate surface area is 122 Å². The van der Waals surface area contributed by atoms with Gasteiger partial charge in [0.15, 0.2) is 0 Å². The van der Waals surface area contributed by atoms with Crippen molar-refractivity contribution >= 4 is 6.72 Å². The van der Waals surface area contributed by atoms with E-state index in [1.54, 1.807) is 0 Å². The standard InChI is InChI=1S/C17H29F2N/c1-3-4-13-5-7-14(8-6-13)15-9-11-16(12-10-15)17(18,19)20-2/h13-16H,2-12H2,1H3. The molecule has 0 atom stereocenters. The number of hydrogen-bond acceptors (Lipinski definition) is 1. The van der Waals surface area contributed by atoms with Crippen molar-refractivity contribution in [1.29, 1.82) is 0 Å². The van der Waals surface area contributed by atoms with E-state index in [2.05, 4.69) is 18.6 Å². The van der Waals surface area contributed by atoms with Crippen LogP contribution in [0.4, 0.5) is 8.78 Å². The topological polar surface area (TPSA) is 12.4 Å². The van der Waals surface area contributed by atoms with E-state index in [1.165, 1.54) is 38.5 Å². The van der Waals surface area contributed by atoms with Crippen LogP contribution in [0.2, 0.25) is 0 Å². The molecule has 1 nitrogen and oxygen atoms in total. The van der Waals surface area contributed by atoms with Crippen LogP contribution in [0.1, 0.15) is 71.1 Å². The second kappa shape index (κ2) is 7.00. The lowest BCUT2D eigenvalue weighted by Crippen LogP contribution is -2.32. The lowest BCUT2D eigenvalue weighted by Gasteiger charge is -2.38. The molecule has 0 unspecified atom stereocenters. The van der Waals surface area contributed by atoms with E-state index in [4.69, 9.17) is 0 Å². The summed E-state index contributed by atoms with van der Waals surface area (Å²) >= 11 is 0. The number of halogens is 2. The van der Waals surface area contributed by atoms with Crippen LogP contribution >= 0.6 is 0 Å². The summed E-state index contributed by atoms with van der Waals surface area (Å²) < 4.78 is 27.0. The van der Waals surface area contributed by atoms with Crippen LogP contribution in [-0.2, 0) is 0 Å². The molecule has 0 aromatic heterocycles. The Morgan fingerprint density at radius 2 is 1.45 bits per heavy atom. The van der Waals surface area contributed by atoms with Gasteiger partial charge in [0.2, 0.25) is 0 Å². The van der Waals surface area contributed by atoms with E-state index in [0.717, 1.165) is 24.7 Å². The number of aliphatic imine (C=N–C) groups is 1. The van der Waals surface area contributed by atoms with Crippen molar-refractivity contribution in [3.63, 3.8) is 0 Å². The molecule has 3 heteroatoms. The molecule has 0 radical (unpaired) electrons. The summed E-state index contributed by atoms with van der Waals surface area (Å²) in [6.45, 7) is 5.31. The fourth-order valence-corrected chi connectivity index (χ4v) is 4.42. The minimum Gasteiger partial charge on any atom is -0.233 e. The van der Waals surface area contributed by atoms with Gasteiger partial charge >= 0.3 is 6.05 Å². The first kappa shape index (κ1) is 15.9. The van der Waals surface area contributed by atoms with Crippen LogP contribution < -0.4 is 0 Å². The lowest BCUT2D eigenvalue weighted by atomic mass is 9.68. The van der Waals surface area contributed by atoms with Crippen LogP contribution in [0.25, 0.3) is 0 Å². The summed E-state index contributed by atoms with van der Waals surface area (Å²) in [7, 11) is 0. The van der Waals surface area contributed by atoms with Gasteiger partial charge in [-0.1, -0.05) is 32.6 Å². The zero-order valence-corrected chi connectivity index (χ0v) is 12.8. The zero-order chi connectivity index (χ0) is 14.6. The molecule has 2 aliphatic carbocycles. The monoisotopic (exact) mass is 285 g/mol. The number of rotatable bonds is 5. The van der Waals surface area contributed by atoms with Crippen molar-refractivity contribution in [2.75, 3.05) is 0 Å². The van der Waals surface area contributed by atoms with Crippen LogP contribution in [-0.4, -0.2) is 12.8 Å². The van der Waals surface area contributed by atoms with Gasteiger partial charge in [0.25, 0.3) is 0 Å². The second-order valence-electron chi connectivity index (χ2n) is 6.93. The van der Waals surface area contributed by atoms with Gasteiger partial charge in [0.1, 0.15) is 0 Å². The van der Waals surface area contributed by atoms with Crippen molar-refractivity contribution in [1.82, 2.24) is 0 Å². The molecule has 2 saturated carbocycles. The minimum absolute atomic E-state index is 0.562. The first-order valence-corrected chi connectivity index (χ1v) is 8.42. The summed E-state index contributed by atoms with van der Waals surface area (Å²) in [6.07, 6.45) is 11.3. The summed E-state index contributed by atoms with van der Waals surface area (Å²) in [6, 6.07) is -2.90. The average Bonchev–Trinajstić information content (AvgIpc) is 2.48. The Balaban J connectivity index is 1.76. The van der Waals surface area contributed by atoms with E-state index in [0.29, 0.717) is 18.8 Å². The van der Waals surface area contributed by atoms with Gasteiger partial charge in [0, 0.05) is 5.92 Å². The Bertz CT molecular complexity index is 300. The smallest absolute Gasteiger partial charge is 0.233 e. The molecule has 2 fully saturated rings. The Hall–Kier alpha value is -0.470. The fraction of sp³-hybridized carbons (Fsp3) is 0.941. The lowest BCUT2D eigenvalue weighted by molar-refractivity contribution is -0.0696. The zero-order valence-electron chi connectivity index (χ0n) is 12.8. The third-order valence-corrected chi connectivity index (χ3v) is 5.73.